The van der Waals surface area contributed by atoms with Crippen LogP contribution in [-0.4, -0.2) is 34.0 Å². The molecule has 0 atom stereocenters. The van der Waals surface area contributed by atoms with E-state index in [1.54, 1.807) is 14.2 Å². The zero-order valence-electron chi connectivity index (χ0n) is 11.3. The van der Waals surface area contributed by atoms with Crippen LogP contribution in [0.25, 0.3) is 0 Å². The summed E-state index contributed by atoms with van der Waals surface area (Å²) in [7, 11) is 3.29. The molecule has 0 aromatic heterocycles. The van der Waals surface area contributed by atoms with Crippen molar-refractivity contribution in [1.29, 1.82) is 0 Å². The molecule has 0 amide bonds. The van der Waals surface area contributed by atoms with Crippen molar-refractivity contribution in [2.24, 2.45) is 0 Å². The van der Waals surface area contributed by atoms with Crippen molar-refractivity contribution in [3.8, 4) is 23.8 Å². The Morgan fingerprint density at radius 2 is 2.05 bits per heavy atom. The maximum absolute atomic E-state index is 5.37. The van der Waals surface area contributed by atoms with E-state index >= 15 is 0 Å². The average molecular weight is 286 g/mol. The molecule has 1 aromatic rings. The lowest BCUT2D eigenvalue weighted by atomic mass is 10.2. The molecule has 1 N–H and O–H groups in total. The van der Waals surface area contributed by atoms with Gasteiger partial charge < -0.3 is 19.5 Å². The molecule has 1 aromatic carbocycles. The zero-order chi connectivity index (χ0) is 13.2. The van der Waals surface area contributed by atoms with Gasteiger partial charge in [0.15, 0.2) is 11.5 Å². The van der Waals surface area contributed by atoms with Crippen LogP contribution in [0.5, 0.6) is 11.5 Å². The molecule has 106 valence electrons. The van der Waals surface area contributed by atoms with Crippen LogP contribution in [0.2, 0.25) is 0 Å². The first kappa shape index (κ1) is 17.6. The Kier molecular flexibility index (Phi) is 9.73. The quantitative estimate of drug-likeness (QED) is 0.585. The molecule has 0 saturated carbocycles. The highest BCUT2D eigenvalue weighted by molar-refractivity contribution is 5.85. The molecule has 0 aliphatic carbocycles. The number of hydrogen-bond acceptors (Lipinski definition) is 4. The summed E-state index contributed by atoms with van der Waals surface area (Å²) in [6.45, 7) is 2.51. The van der Waals surface area contributed by atoms with Crippen LogP contribution in [-0.2, 0) is 11.3 Å². The Bertz CT molecular complexity index is 404. The first-order chi connectivity index (χ1) is 8.81. The van der Waals surface area contributed by atoms with Crippen molar-refractivity contribution in [2.45, 2.75) is 6.54 Å². The minimum absolute atomic E-state index is 0. The van der Waals surface area contributed by atoms with E-state index in [2.05, 4.69) is 11.2 Å². The van der Waals surface area contributed by atoms with Gasteiger partial charge >= 0.3 is 0 Å². The molecule has 19 heavy (non-hydrogen) atoms. The summed E-state index contributed by atoms with van der Waals surface area (Å²) >= 11 is 0. The highest BCUT2D eigenvalue weighted by Crippen LogP contribution is 2.27. The maximum atomic E-state index is 5.37. The second-order valence-corrected chi connectivity index (χ2v) is 3.65. The van der Waals surface area contributed by atoms with E-state index in [1.807, 2.05) is 18.2 Å². The molecule has 0 heterocycles. The minimum atomic E-state index is 0. The number of halogens is 1. The van der Waals surface area contributed by atoms with E-state index in [4.69, 9.17) is 20.6 Å². The van der Waals surface area contributed by atoms with Gasteiger partial charge in [-0.1, -0.05) is 12.0 Å². The molecule has 0 saturated heterocycles. The number of hydrogen-bond donors (Lipinski definition) is 1. The molecule has 0 aliphatic rings. The fourth-order valence-corrected chi connectivity index (χ4v) is 1.47. The van der Waals surface area contributed by atoms with Crippen molar-refractivity contribution >= 4 is 12.4 Å². The lowest BCUT2D eigenvalue weighted by molar-refractivity contribution is 0.199. The number of benzene rings is 1. The van der Waals surface area contributed by atoms with Crippen molar-refractivity contribution in [3.63, 3.8) is 0 Å². The van der Waals surface area contributed by atoms with Crippen LogP contribution < -0.4 is 14.8 Å². The van der Waals surface area contributed by atoms with E-state index in [-0.39, 0.29) is 19.0 Å². The van der Waals surface area contributed by atoms with Crippen LogP contribution in [0.3, 0.4) is 0 Å². The molecular formula is C14H20ClNO3. The Morgan fingerprint density at radius 1 is 1.26 bits per heavy atom. The highest BCUT2D eigenvalue weighted by Gasteiger charge is 2.05. The molecule has 0 spiro atoms. The van der Waals surface area contributed by atoms with Gasteiger partial charge in [-0.05, 0) is 17.7 Å². The monoisotopic (exact) mass is 285 g/mol. The summed E-state index contributed by atoms with van der Waals surface area (Å²) in [4.78, 5) is 0. The lowest BCUT2D eigenvalue weighted by Crippen LogP contribution is -2.18. The Balaban J connectivity index is 0.00000324. The number of nitrogens with one attached hydrogen (secondary N) is 1. The topological polar surface area (TPSA) is 39.7 Å². The summed E-state index contributed by atoms with van der Waals surface area (Å²) in [5, 5.41) is 3.26. The molecular weight excluding hydrogens is 266 g/mol. The SMILES string of the molecule is C#CCOc1ccc(CNCCOC)cc1OC.Cl. The smallest absolute Gasteiger partial charge is 0.162 e. The van der Waals surface area contributed by atoms with E-state index in [0.717, 1.165) is 18.7 Å². The van der Waals surface area contributed by atoms with Crippen molar-refractivity contribution in [3.05, 3.63) is 23.8 Å². The van der Waals surface area contributed by atoms with E-state index < -0.39 is 0 Å². The third-order valence-electron chi connectivity index (χ3n) is 2.35. The van der Waals surface area contributed by atoms with Crippen LogP contribution in [0.15, 0.2) is 18.2 Å². The van der Waals surface area contributed by atoms with E-state index in [0.29, 0.717) is 18.1 Å². The Morgan fingerprint density at radius 3 is 2.68 bits per heavy atom. The third-order valence-corrected chi connectivity index (χ3v) is 2.35. The van der Waals surface area contributed by atoms with E-state index in [1.165, 1.54) is 0 Å². The summed E-state index contributed by atoms with van der Waals surface area (Å²) in [6, 6.07) is 5.78. The van der Waals surface area contributed by atoms with Gasteiger partial charge in [-0.15, -0.1) is 18.8 Å². The second-order valence-electron chi connectivity index (χ2n) is 3.65. The molecule has 0 radical (unpaired) electrons. The Labute approximate surface area is 120 Å². The number of methoxy groups -OCH3 is 2. The van der Waals surface area contributed by atoms with Crippen molar-refractivity contribution in [2.75, 3.05) is 34.0 Å². The predicted molar refractivity (Wildman–Crippen MR) is 78.2 cm³/mol. The van der Waals surface area contributed by atoms with Crippen molar-refractivity contribution < 1.29 is 14.2 Å². The average Bonchev–Trinajstić information content (AvgIpc) is 2.41. The maximum Gasteiger partial charge on any atom is 0.162 e. The minimum Gasteiger partial charge on any atom is -0.493 e. The molecule has 0 unspecified atom stereocenters. The largest absolute Gasteiger partial charge is 0.493 e. The molecule has 0 aliphatic heterocycles. The standard InChI is InChI=1S/C14H19NO3.ClH/c1-4-8-18-13-6-5-12(10-14(13)17-3)11-15-7-9-16-2;/h1,5-6,10,15H,7-9,11H2,2-3H3;1H. The fourth-order valence-electron chi connectivity index (χ4n) is 1.47. The molecule has 4 nitrogen and oxygen atoms in total. The number of ether oxygens (including phenoxy) is 3. The van der Waals surface area contributed by atoms with Crippen LogP contribution in [0.1, 0.15) is 5.56 Å². The van der Waals surface area contributed by atoms with Crippen LogP contribution in [0.4, 0.5) is 0 Å². The summed E-state index contributed by atoms with van der Waals surface area (Å²) < 4.78 is 15.6. The fraction of sp³-hybridized carbons (Fsp3) is 0.429. The first-order valence-electron chi connectivity index (χ1n) is 5.74. The number of terminal acetylenes is 1. The number of rotatable bonds is 8. The lowest BCUT2D eigenvalue weighted by Gasteiger charge is -2.11. The third kappa shape index (κ3) is 6.35. The van der Waals surface area contributed by atoms with Gasteiger partial charge in [0.2, 0.25) is 0 Å². The van der Waals surface area contributed by atoms with Gasteiger partial charge in [-0.3, -0.25) is 0 Å². The Hall–Kier alpha value is -1.41. The van der Waals surface area contributed by atoms with Gasteiger partial charge in [-0.25, -0.2) is 0 Å². The normalized spacial score (nSPS) is 9.32. The molecule has 0 bridgehead atoms. The van der Waals surface area contributed by atoms with Crippen molar-refractivity contribution in [1.82, 2.24) is 5.32 Å². The summed E-state index contributed by atoms with van der Waals surface area (Å²) in [6.07, 6.45) is 5.15. The zero-order valence-corrected chi connectivity index (χ0v) is 12.1. The van der Waals surface area contributed by atoms with Gasteiger partial charge in [0.05, 0.1) is 13.7 Å². The van der Waals surface area contributed by atoms with Crippen LogP contribution in [0, 0.1) is 12.3 Å². The van der Waals surface area contributed by atoms with Gasteiger partial charge in [0.1, 0.15) is 6.61 Å². The first-order valence-corrected chi connectivity index (χ1v) is 5.74. The summed E-state index contributed by atoms with van der Waals surface area (Å²) in [5.74, 6) is 3.78. The molecule has 1 rings (SSSR count). The van der Waals surface area contributed by atoms with Crippen LogP contribution >= 0.6 is 12.4 Å². The van der Waals surface area contributed by atoms with E-state index in [9.17, 15) is 0 Å². The predicted octanol–water partition coefficient (Wildman–Crippen LogP) is 1.86. The van der Waals surface area contributed by atoms with Gasteiger partial charge in [-0.2, -0.15) is 0 Å². The second kappa shape index (κ2) is 10.5. The van der Waals surface area contributed by atoms with Gasteiger partial charge in [0.25, 0.3) is 0 Å². The van der Waals surface area contributed by atoms with Gasteiger partial charge in [0, 0.05) is 20.2 Å². The highest BCUT2D eigenvalue weighted by atomic mass is 35.5. The molecule has 0 fully saturated rings. The summed E-state index contributed by atoms with van der Waals surface area (Å²) in [5.41, 5.74) is 1.12. The molecule has 5 heteroatoms.